The largest absolute Gasteiger partial charge is 0.393 e. The van der Waals surface area contributed by atoms with Gasteiger partial charge in [0.15, 0.2) is 0 Å². The average molecular weight is 268 g/mol. The van der Waals surface area contributed by atoms with Gasteiger partial charge >= 0.3 is 6.18 Å². The van der Waals surface area contributed by atoms with E-state index in [4.69, 9.17) is 10.5 Å². The molecule has 0 bridgehead atoms. The molecule has 0 aromatic carbocycles. The van der Waals surface area contributed by atoms with E-state index in [1.165, 1.54) is 12.0 Å². The van der Waals surface area contributed by atoms with Gasteiger partial charge in [0.05, 0.1) is 12.0 Å². The molecular weight excluding hydrogens is 249 g/mol. The van der Waals surface area contributed by atoms with Crippen LogP contribution in [0.25, 0.3) is 0 Å². The van der Waals surface area contributed by atoms with Gasteiger partial charge in [0, 0.05) is 26.8 Å². The van der Waals surface area contributed by atoms with Crippen molar-refractivity contribution in [2.24, 2.45) is 11.7 Å². The van der Waals surface area contributed by atoms with Gasteiger partial charge in [0.1, 0.15) is 0 Å². The molecule has 0 radical (unpaired) electrons. The third-order valence-electron chi connectivity index (χ3n) is 3.15. The average Bonchev–Trinajstić information content (AvgIpc) is 2.34. The molecule has 0 saturated carbocycles. The number of hydrogen-bond donors (Lipinski definition) is 1. The zero-order chi connectivity index (χ0) is 13.8. The topological polar surface area (TPSA) is 55.6 Å². The predicted molar refractivity (Wildman–Crippen MR) is 59.8 cm³/mol. The maximum Gasteiger partial charge on any atom is 0.393 e. The molecule has 0 aromatic heterocycles. The van der Waals surface area contributed by atoms with E-state index in [2.05, 4.69) is 0 Å². The van der Waals surface area contributed by atoms with E-state index in [1.807, 2.05) is 0 Å². The molecule has 1 rings (SSSR count). The summed E-state index contributed by atoms with van der Waals surface area (Å²) < 4.78 is 42.6. The Labute approximate surface area is 104 Å². The molecule has 1 aliphatic rings. The summed E-state index contributed by atoms with van der Waals surface area (Å²) in [7, 11) is 1.48. The minimum absolute atomic E-state index is 0.0839. The summed E-state index contributed by atoms with van der Waals surface area (Å²) in [4.78, 5) is 13.1. The van der Waals surface area contributed by atoms with Crippen molar-refractivity contribution in [3.8, 4) is 0 Å². The van der Waals surface area contributed by atoms with Gasteiger partial charge in [-0.25, -0.2) is 0 Å². The monoisotopic (exact) mass is 268 g/mol. The number of nitrogens with zero attached hydrogens (tertiary/aromatic N) is 1. The van der Waals surface area contributed by atoms with Crippen LogP contribution in [-0.2, 0) is 9.53 Å². The number of alkyl halides is 3. The van der Waals surface area contributed by atoms with Crippen molar-refractivity contribution in [3.05, 3.63) is 0 Å². The fraction of sp³-hybridized carbons (Fsp3) is 0.909. The van der Waals surface area contributed by atoms with Crippen LogP contribution in [0.15, 0.2) is 0 Å². The van der Waals surface area contributed by atoms with Crippen LogP contribution in [-0.4, -0.2) is 49.8 Å². The van der Waals surface area contributed by atoms with Crippen LogP contribution in [0, 0.1) is 5.92 Å². The Kier molecular flexibility index (Phi) is 5.40. The molecule has 0 aliphatic carbocycles. The van der Waals surface area contributed by atoms with E-state index < -0.39 is 24.0 Å². The van der Waals surface area contributed by atoms with E-state index in [-0.39, 0.29) is 13.0 Å². The van der Waals surface area contributed by atoms with Crippen molar-refractivity contribution in [2.45, 2.75) is 31.5 Å². The summed E-state index contributed by atoms with van der Waals surface area (Å²) in [6, 6.07) is -0.781. The lowest BCUT2D eigenvalue weighted by atomic mass is 9.97. The SMILES string of the molecule is COCCC(N)C(=O)N1CCCC(C(F)(F)F)C1. The highest BCUT2D eigenvalue weighted by Crippen LogP contribution is 2.33. The summed E-state index contributed by atoms with van der Waals surface area (Å²) in [5.41, 5.74) is 5.64. The molecule has 1 aliphatic heterocycles. The zero-order valence-electron chi connectivity index (χ0n) is 10.4. The second-order valence-corrected chi connectivity index (χ2v) is 4.55. The Morgan fingerprint density at radius 3 is 2.78 bits per heavy atom. The highest BCUT2D eigenvalue weighted by molar-refractivity contribution is 5.81. The van der Waals surface area contributed by atoms with Crippen molar-refractivity contribution < 1.29 is 22.7 Å². The fourth-order valence-electron chi connectivity index (χ4n) is 2.05. The quantitative estimate of drug-likeness (QED) is 0.832. The molecule has 2 unspecified atom stereocenters. The fourth-order valence-corrected chi connectivity index (χ4v) is 2.05. The number of likely N-dealkylation sites (tertiary alicyclic amines) is 1. The van der Waals surface area contributed by atoms with Crippen LogP contribution in [0.5, 0.6) is 0 Å². The number of carbonyl (C=O) groups excluding carboxylic acids is 1. The molecule has 4 nitrogen and oxygen atoms in total. The summed E-state index contributed by atoms with van der Waals surface area (Å²) in [6.07, 6.45) is -3.47. The highest BCUT2D eigenvalue weighted by Gasteiger charge is 2.43. The summed E-state index contributed by atoms with van der Waals surface area (Å²) in [6.45, 7) is 0.401. The molecule has 0 spiro atoms. The third kappa shape index (κ3) is 4.13. The number of ether oxygens (including phenoxy) is 1. The lowest BCUT2D eigenvalue weighted by Crippen LogP contribution is -2.50. The maximum atomic E-state index is 12.6. The van der Waals surface area contributed by atoms with Crippen molar-refractivity contribution >= 4 is 5.91 Å². The van der Waals surface area contributed by atoms with Crippen molar-refractivity contribution in [3.63, 3.8) is 0 Å². The molecule has 1 fully saturated rings. The molecule has 2 atom stereocenters. The maximum absolute atomic E-state index is 12.6. The Morgan fingerprint density at radius 1 is 1.56 bits per heavy atom. The van der Waals surface area contributed by atoms with Crippen LogP contribution in [0.2, 0.25) is 0 Å². The number of halogens is 3. The number of hydrogen-bond acceptors (Lipinski definition) is 3. The number of amides is 1. The Hall–Kier alpha value is -0.820. The van der Waals surface area contributed by atoms with E-state index in [0.29, 0.717) is 26.0 Å². The minimum atomic E-state index is -4.24. The molecule has 18 heavy (non-hydrogen) atoms. The molecule has 0 aromatic rings. The van der Waals surface area contributed by atoms with Crippen LogP contribution in [0.1, 0.15) is 19.3 Å². The summed E-state index contributed by atoms with van der Waals surface area (Å²) in [5.74, 6) is -1.84. The van der Waals surface area contributed by atoms with Gasteiger partial charge in [0.25, 0.3) is 0 Å². The van der Waals surface area contributed by atoms with E-state index >= 15 is 0 Å². The first kappa shape index (κ1) is 15.2. The van der Waals surface area contributed by atoms with Crippen molar-refractivity contribution in [1.29, 1.82) is 0 Å². The number of rotatable bonds is 4. The second kappa shape index (κ2) is 6.38. The summed E-state index contributed by atoms with van der Waals surface area (Å²) in [5, 5.41) is 0. The van der Waals surface area contributed by atoms with E-state index in [1.54, 1.807) is 0 Å². The smallest absolute Gasteiger partial charge is 0.385 e. The standard InChI is InChI=1S/C11H19F3N2O2/c1-18-6-4-9(15)10(17)16-5-2-3-8(7-16)11(12,13)14/h8-9H,2-7,15H2,1H3. The lowest BCUT2D eigenvalue weighted by Gasteiger charge is -2.35. The number of methoxy groups -OCH3 is 1. The van der Waals surface area contributed by atoms with Crippen LogP contribution >= 0.6 is 0 Å². The molecule has 2 N–H and O–H groups in total. The van der Waals surface area contributed by atoms with Crippen molar-refractivity contribution in [1.82, 2.24) is 4.90 Å². The van der Waals surface area contributed by atoms with Crippen molar-refractivity contribution in [2.75, 3.05) is 26.8 Å². The van der Waals surface area contributed by atoms with Crippen LogP contribution in [0.4, 0.5) is 13.2 Å². The molecule has 106 valence electrons. The molecule has 1 saturated heterocycles. The zero-order valence-corrected chi connectivity index (χ0v) is 10.4. The minimum Gasteiger partial charge on any atom is -0.385 e. The Morgan fingerprint density at radius 2 is 2.22 bits per heavy atom. The van der Waals surface area contributed by atoms with E-state index in [9.17, 15) is 18.0 Å². The van der Waals surface area contributed by atoms with Gasteiger partial charge in [-0.05, 0) is 19.3 Å². The van der Waals surface area contributed by atoms with Crippen LogP contribution in [0.3, 0.4) is 0 Å². The van der Waals surface area contributed by atoms with Gasteiger partial charge in [-0.2, -0.15) is 13.2 Å². The second-order valence-electron chi connectivity index (χ2n) is 4.55. The Bertz CT molecular complexity index is 284. The molecular formula is C11H19F3N2O2. The predicted octanol–water partition coefficient (Wildman–Crippen LogP) is 1.15. The molecule has 1 heterocycles. The highest BCUT2D eigenvalue weighted by atomic mass is 19.4. The molecule has 7 heteroatoms. The first-order chi connectivity index (χ1) is 8.36. The number of piperidine rings is 1. The number of carbonyl (C=O) groups is 1. The van der Waals surface area contributed by atoms with Gasteiger partial charge in [-0.1, -0.05) is 0 Å². The third-order valence-corrected chi connectivity index (χ3v) is 3.15. The summed E-state index contributed by atoms with van der Waals surface area (Å²) >= 11 is 0. The first-order valence-corrected chi connectivity index (χ1v) is 5.96. The van der Waals surface area contributed by atoms with Gasteiger partial charge in [-0.15, -0.1) is 0 Å². The Balaban J connectivity index is 2.53. The van der Waals surface area contributed by atoms with Crippen LogP contribution < -0.4 is 5.73 Å². The van der Waals surface area contributed by atoms with E-state index in [0.717, 1.165) is 0 Å². The van der Waals surface area contributed by atoms with Gasteiger partial charge in [-0.3, -0.25) is 4.79 Å². The lowest BCUT2D eigenvalue weighted by molar-refractivity contribution is -0.188. The normalized spacial score (nSPS) is 22.9. The van der Waals surface area contributed by atoms with Gasteiger partial charge in [0.2, 0.25) is 5.91 Å². The molecule has 1 amide bonds. The first-order valence-electron chi connectivity index (χ1n) is 5.96. The number of nitrogens with two attached hydrogens (primary N) is 1. The van der Waals surface area contributed by atoms with Gasteiger partial charge < -0.3 is 15.4 Å².